The van der Waals surface area contributed by atoms with Gasteiger partial charge in [-0.25, -0.2) is 22.3 Å². The van der Waals surface area contributed by atoms with Crippen LogP contribution in [0, 0.1) is 5.82 Å². The SMILES string of the molecule is O=C(O)c1ccc(S(=O)(=O)NC2CCN(Cc3ccccc3)CC2)cc1F. The number of halogens is 1. The van der Waals surface area contributed by atoms with Gasteiger partial charge in [-0.15, -0.1) is 0 Å². The van der Waals surface area contributed by atoms with Crippen molar-refractivity contribution in [3.05, 3.63) is 65.5 Å². The maximum Gasteiger partial charge on any atom is 0.338 e. The Balaban J connectivity index is 1.59. The maximum atomic E-state index is 13.8. The number of carboxylic acid groups (broad SMARTS) is 1. The molecular weight excluding hydrogens is 371 g/mol. The van der Waals surface area contributed by atoms with E-state index in [-0.39, 0.29) is 10.9 Å². The molecule has 0 saturated carbocycles. The van der Waals surface area contributed by atoms with Gasteiger partial charge in [0.05, 0.1) is 10.5 Å². The summed E-state index contributed by atoms with van der Waals surface area (Å²) in [7, 11) is -3.90. The third-order valence-electron chi connectivity index (χ3n) is 4.64. The Kier molecular flexibility index (Phi) is 5.88. The summed E-state index contributed by atoms with van der Waals surface area (Å²) in [5.74, 6) is -2.50. The van der Waals surface area contributed by atoms with Crippen LogP contribution in [0.1, 0.15) is 28.8 Å². The highest BCUT2D eigenvalue weighted by atomic mass is 32.2. The molecule has 1 aliphatic rings. The molecule has 0 aliphatic carbocycles. The minimum atomic E-state index is -3.90. The summed E-state index contributed by atoms with van der Waals surface area (Å²) in [5.41, 5.74) is 0.661. The fourth-order valence-electron chi connectivity index (χ4n) is 3.17. The number of hydrogen-bond donors (Lipinski definition) is 2. The summed E-state index contributed by atoms with van der Waals surface area (Å²) in [6.07, 6.45) is 1.31. The standard InChI is InChI=1S/C19H21FN2O4S/c20-18-12-16(6-7-17(18)19(23)24)27(25,26)21-15-8-10-22(11-9-15)13-14-4-2-1-3-5-14/h1-7,12,15,21H,8-11,13H2,(H,23,24). The van der Waals surface area contributed by atoms with E-state index in [1.807, 2.05) is 18.2 Å². The quantitative estimate of drug-likeness (QED) is 0.789. The Morgan fingerprint density at radius 2 is 1.81 bits per heavy atom. The molecule has 2 aromatic rings. The lowest BCUT2D eigenvalue weighted by Gasteiger charge is -2.32. The van der Waals surface area contributed by atoms with E-state index in [0.29, 0.717) is 12.8 Å². The molecule has 8 heteroatoms. The predicted molar refractivity (Wildman–Crippen MR) is 98.4 cm³/mol. The van der Waals surface area contributed by atoms with E-state index in [0.717, 1.165) is 37.8 Å². The molecule has 0 radical (unpaired) electrons. The molecule has 6 nitrogen and oxygen atoms in total. The molecule has 1 heterocycles. The molecule has 2 aromatic carbocycles. The van der Waals surface area contributed by atoms with Crippen LogP contribution in [0.5, 0.6) is 0 Å². The van der Waals surface area contributed by atoms with E-state index < -0.39 is 27.4 Å². The average molecular weight is 392 g/mol. The Hall–Kier alpha value is -2.29. The Morgan fingerprint density at radius 3 is 2.41 bits per heavy atom. The number of likely N-dealkylation sites (tertiary alicyclic amines) is 1. The zero-order valence-electron chi connectivity index (χ0n) is 14.6. The second-order valence-corrected chi connectivity index (χ2v) is 8.32. The molecule has 3 rings (SSSR count). The van der Waals surface area contributed by atoms with Gasteiger partial charge >= 0.3 is 5.97 Å². The van der Waals surface area contributed by atoms with Crippen molar-refractivity contribution >= 4 is 16.0 Å². The minimum absolute atomic E-state index is 0.232. The zero-order chi connectivity index (χ0) is 19.4. The van der Waals surface area contributed by atoms with Gasteiger partial charge < -0.3 is 5.11 Å². The topological polar surface area (TPSA) is 86.7 Å². The van der Waals surface area contributed by atoms with E-state index in [1.54, 1.807) is 0 Å². The lowest BCUT2D eigenvalue weighted by atomic mass is 10.1. The number of carbonyl (C=O) groups is 1. The first-order valence-electron chi connectivity index (χ1n) is 8.66. The van der Waals surface area contributed by atoms with Crippen LogP contribution >= 0.6 is 0 Å². The van der Waals surface area contributed by atoms with Crippen LogP contribution in [0.3, 0.4) is 0 Å². The molecule has 0 spiro atoms. The maximum absolute atomic E-state index is 13.8. The van der Waals surface area contributed by atoms with Crippen LogP contribution in [0.2, 0.25) is 0 Å². The lowest BCUT2D eigenvalue weighted by molar-refractivity contribution is 0.0691. The molecule has 1 saturated heterocycles. The first kappa shape index (κ1) is 19.5. The summed E-state index contributed by atoms with van der Waals surface area (Å²) >= 11 is 0. The number of piperidine rings is 1. The van der Waals surface area contributed by atoms with Crippen molar-refractivity contribution in [3.8, 4) is 0 Å². The molecule has 1 aliphatic heterocycles. The minimum Gasteiger partial charge on any atom is -0.478 e. The van der Waals surface area contributed by atoms with Gasteiger partial charge in [0, 0.05) is 25.7 Å². The van der Waals surface area contributed by atoms with Crippen molar-refractivity contribution in [2.45, 2.75) is 30.3 Å². The van der Waals surface area contributed by atoms with E-state index in [9.17, 15) is 17.6 Å². The van der Waals surface area contributed by atoms with Crippen LogP contribution in [0.4, 0.5) is 4.39 Å². The van der Waals surface area contributed by atoms with Crippen molar-refractivity contribution < 1.29 is 22.7 Å². The molecule has 1 fully saturated rings. The third-order valence-corrected chi connectivity index (χ3v) is 6.16. The van der Waals surface area contributed by atoms with Crippen molar-refractivity contribution in [3.63, 3.8) is 0 Å². The highest BCUT2D eigenvalue weighted by molar-refractivity contribution is 7.89. The molecule has 2 N–H and O–H groups in total. The number of carboxylic acids is 1. The van der Waals surface area contributed by atoms with Crippen molar-refractivity contribution in [2.24, 2.45) is 0 Å². The van der Waals surface area contributed by atoms with Gasteiger partial charge in [0.25, 0.3) is 0 Å². The van der Waals surface area contributed by atoms with Crippen LogP contribution in [0.25, 0.3) is 0 Å². The molecule has 0 atom stereocenters. The van der Waals surface area contributed by atoms with Crippen molar-refractivity contribution in [1.29, 1.82) is 0 Å². The fourth-order valence-corrected chi connectivity index (χ4v) is 4.49. The van der Waals surface area contributed by atoms with Crippen LogP contribution in [0.15, 0.2) is 53.4 Å². The monoisotopic (exact) mass is 392 g/mol. The normalized spacial score (nSPS) is 16.3. The number of rotatable bonds is 6. The molecule has 144 valence electrons. The van der Waals surface area contributed by atoms with Gasteiger partial charge in [-0.05, 0) is 36.6 Å². The first-order valence-corrected chi connectivity index (χ1v) is 10.1. The third kappa shape index (κ3) is 4.91. The molecule has 0 bridgehead atoms. The highest BCUT2D eigenvalue weighted by Gasteiger charge is 2.25. The summed E-state index contributed by atoms with van der Waals surface area (Å²) in [6.45, 7) is 2.34. The van der Waals surface area contributed by atoms with Crippen LogP contribution in [-0.2, 0) is 16.6 Å². The van der Waals surface area contributed by atoms with Gasteiger partial charge in [0.15, 0.2) is 0 Å². The molecule has 0 aromatic heterocycles. The Morgan fingerprint density at radius 1 is 1.15 bits per heavy atom. The largest absolute Gasteiger partial charge is 0.478 e. The van der Waals surface area contributed by atoms with E-state index in [2.05, 4.69) is 21.8 Å². The number of aromatic carboxylic acids is 1. The van der Waals surface area contributed by atoms with E-state index in [1.165, 1.54) is 5.56 Å². The number of hydrogen-bond acceptors (Lipinski definition) is 4. The Labute approximate surface area is 157 Å². The molecule has 27 heavy (non-hydrogen) atoms. The first-order chi connectivity index (χ1) is 12.8. The summed E-state index contributed by atoms with van der Waals surface area (Å²) in [5, 5.41) is 8.84. The second-order valence-electron chi connectivity index (χ2n) is 6.60. The number of nitrogens with zero attached hydrogens (tertiary/aromatic N) is 1. The van der Waals surface area contributed by atoms with Crippen LogP contribution in [-0.4, -0.2) is 43.5 Å². The van der Waals surface area contributed by atoms with Gasteiger partial charge in [-0.3, -0.25) is 4.90 Å². The summed E-state index contributed by atoms with van der Waals surface area (Å²) in [6, 6.07) is 12.7. The van der Waals surface area contributed by atoms with Gasteiger partial charge in [-0.2, -0.15) is 0 Å². The lowest BCUT2D eigenvalue weighted by Crippen LogP contribution is -2.44. The van der Waals surface area contributed by atoms with Gasteiger partial charge in [0.1, 0.15) is 5.82 Å². The number of sulfonamides is 1. The second kappa shape index (κ2) is 8.16. The van der Waals surface area contributed by atoms with E-state index in [4.69, 9.17) is 5.11 Å². The van der Waals surface area contributed by atoms with Crippen LogP contribution < -0.4 is 4.72 Å². The predicted octanol–water partition coefficient (Wildman–Crippen LogP) is 2.47. The molecule has 0 amide bonds. The number of nitrogens with one attached hydrogen (secondary N) is 1. The summed E-state index contributed by atoms with van der Waals surface area (Å²) in [4.78, 5) is 12.9. The van der Waals surface area contributed by atoms with E-state index >= 15 is 0 Å². The van der Waals surface area contributed by atoms with Crippen molar-refractivity contribution in [2.75, 3.05) is 13.1 Å². The smallest absolute Gasteiger partial charge is 0.338 e. The zero-order valence-corrected chi connectivity index (χ0v) is 15.5. The molecular formula is C19H21FN2O4S. The van der Waals surface area contributed by atoms with Gasteiger partial charge in [-0.1, -0.05) is 30.3 Å². The summed E-state index contributed by atoms with van der Waals surface area (Å²) < 4.78 is 41.3. The van der Waals surface area contributed by atoms with Gasteiger partial charge in [0.2, 0.25) is 10.0 Å². The Bertz CT molecular complexity index is 911. The highest BCUT2D eigenvalue weighted by Crippen LogP contribution is 2.19. The molecule has 0 unspecified atom stereocenters. The van der Waals surface area contributed by atoms with Crippen molar-refractivity contribution in [1.82, 2.24) is 9.62 Å². The fraction of sp³-hybridized carbons (Fsp3) is 0.316. The average Bonchev–Trinajstić information content (AvgIpc) is 2.63. The number of benzene rings is 2.